The first-order valence-corrected chi connectivity index (χ1v) is 9.60. The maximum absolute atomic E-state index is 12.2. The highest BCUT2D eigenvalue weighted by molar-refractivity contribution is 5.91. The highest BCUT2D eigenvalue weighted by Gasteiger charge is 2.05. The zero-order valence-corrected chi connectivity index (χ0v) is 15.9. The molecule has 0 aliphatic carbocycles. The van der Waals surface area contributed by atoms with E-state index in [4.69, 9.17) is 10.5 Å². The molecule has 4 nitrogen and oxygen atoms in total. The number of ether oxygens (including phenoxy) is 1. The number of hydrogen-bond acceptors (Lipinski definition) is 3. The van der Waals surface area contributed by atoms with E-state index in [2.05, 4.69) is 29.6 Å². The summed E-state index contributed by atoms with van der Waals surface area (Å²) in [4.78, 5) is 12.2. The number of nitrogen functional groups attached to an aromatic ring is 1. The van der Waals surface area contributed by atoms with Gasteiger partial charge in [-0.05, 0) is 54.7 Å². The van der Waals surface area contributed by atoms with Gasteiger partial charge in [-0.2, -0.15) is 0 Å². The van der Waals surface area contributed by atoms with E-state index in [1.165, 1.54) is 5.56 Å². The lowest BCUT2D eigenvalue weighted by Crippen LogP contribution is -2.12. The molecule has 0 aliphatic rings. The minimum Gasteiger partial charge on any atom is -0.494 e. The maximum atomic E-state index is 12.2. The Morgan fingerprint density at radius 3 is 2.39 bits per heavy atom. The number of nitrogens with two attached hydrogens (primary N) is 1. The molecule has 1 amide bonds. The van der Waals surface area contributed by atoms with Gasteiger partial charge in [0.2, 0.25) is 5.91 Å². The Labute approximate surface area is 166 Å². The first-order valence-electron chi connectivity index (χ1n) is 9.60. The normalized spacial score (nSPS) is 10.4. The second-order valence-electron chi connectivity index (χ2n) is 6.76. The number of nitrogens with one attached hydrogen (secondary N) is 1. The summed E-state index contributed by atoms with van der Waals surface area (Å²) in [6.45, 7) is 0.642. The minimum absolute atomic E-state index is 0.0157. The number of amides is 1. The van der Waals surface area contributed by atoms with Crippen molar-refractivity contribution in [1.82, 2.24) is 0 Å². The lowest BCUT2D eigenvalue weighted by atomic mass is 10.1. The number of carbonyl (C=O) groups excluding carboxylic acids is 1. The van der Waals surface area contributed by atoms with E-state index in [-0.39, 0.29) is 5.91 Å². The molecule has 0 fully saturated rings. The lowest BCUT2D eigenvalue weighted by molar-refractivity contribution is -0.116. The summed E-state index contributed by atoms with van der Waals surface area (Å²) >= 11 is 0. The van der Waals surface area contributed by atoms with E-state index in [1.54, 1.807) is 0 Å². The third-order valence-electron chi connectivity index (χ3n) is 4.46. The molecule has 144 valence electrons. The Hall–Kier alpha value is -3.27. The number of aryl methyl sites for hydroxylation is 2. The van der Waals surface area contributed by atoms with Gasteiger partial charge < -0.3 is 15.8 Å². The van der Waals surface area contributed by atoms with Crippen molar-refractivity contribution in [3.8, 4) is 5.75 Å². The van der Waals surface area contributed by atoms with Crippen LogP contribution in [-0.4, -0.2) is 12.5 Å². The van der Waals surface area contributed by atoms with Crippen molar-refractivity contribution < 1.29 is 9.53 Å². The van der Waals surface area contributed by atoms with E-state index >= 15 is 0 Å². The summed E-state index contributed by atoms with van der Waals surface area (Å²) in [6.07, 6.45) is 3.04. The molecule has 0 spiro atoms. The Morgan fingerprint density at radius 1 is 0.857 bits per heavy atom. The standard InChI is InChI=1S/C24H26N2O2/c25-21-14-11-20(12-15-21)13-16-24(27)26-22-9-4-10-23(18-22)28-17-5-8-19-6-2-1-3-7-19/h1-4,6-7,9-12,14-15,18H,5,8,13,16-17,25H2,(H,26,27). The average Bonchev–Trinajstić information content (AvgIpc) is 2.72. The maximum Gasteiger partial charge on any atom is 0.224 e. The summed E-state index contributed by atoms with van der Waals surface area (Å²) in [5, 5.41) is 2.94. The SMILES string of the molecule is Nc1ccc(CCC(=O)Nc2cccc(OCCCc3ccccc3)c2)cc1. The van der Waals surface area contributed by atoms with Gasteiger partial charge in [0.25, 0.3) is 0 Å². The molecule has 0 radical (unpaired) electrons. The predicted octanol–water partition coefficient (Wildman–Crippen LogP) is 4.85. The van der Waals surface area contributed by atoms with Crippen LogP contribution in [0.25, 0.3) is 0 Å². The second-order valence-corrected chi connectivity index (χ2v) is 6.76. The van der Waals surface area contributed by atoms with Crippen LogP contribution in [0.4, 0.5) is 11.4 Å². The number of hydrogen-bond donors (Lipinski definition) is 2. The van der Waals surface area contributed by atoms with Crippen molar-refractivity contribution in [3.05, 3.63) is 90.0 Å². The third-order valence-corrected chi connectivity index (χ3v) is 4.46. The monoisotopic (exact) mass is 374 g/mol. The molecule has 0 saturated carbocycles. The fourth-order valence-corrected chi connectivity index (χ4v) is 2.94. The molecule has 0 aliphatic heterocycles. The van der Waals surface area contributed by atoms with Gasteiger partial charge in [0.05, 0.1) is 6.61 Å². The molecule has 0 atom stereocenters. The molecular formula is C24H26N2O2. The van der Waals surface area contributed by atoms with Gasteiger partial charge in [-0.25, -0.2) is 0 Å². The summed E-state index contributed by atoms with van der Waals surface area (Å²) in [5.74, 6) is 0.752. The van der Waals surface area contributed by atoms with Crippen LogP contribution in [0.2, 0.25) is 0 Å². The lowest BCUT2D eigenvalue weighted by Gasteiger charge is -2.09. The Bertz CT molecular complexity index is 877. The quantitative estimate of drug-likeness (QED) is 0.416. The Kier molecular flexibility index (Phi) is 7.08. The molecule has 3 N–H and O–H groups in total. The van der Waals surface area contributed by atoms with Gasteiger partial charge >= 0.3 is 0 Å². The fourth-order valence-electron chi connectivity index (χ4n) is 2.94. The highest BCUT2D eigenvalue weighted by Crippen LogP contribution is 2.18. The van der Waals surface area contributed by atoms with Gasteiger partial charge in [0.1, 0.15) is 5.75 Å². The number of benzene rings is 3. The van der Waals surface area contributed by atoms with Crippen LogP contribution in [0.5, 0.6) is 5.75 Å². The van der Waals surface area contributed by atoms with Crippen molar-refractivity contribution in [1.29, 1.82) is 0 Å². The van der Waals surface area contributed by atoms with Crippen LogP contribution >= 0.6 is 0 Å². The molecule has 3 aromatic carbocycles. The largest absolute Gasteiger partial charge is 0.494 e. The molecule has 0 saturated heterocycles. The first-order chi connectivity index (χ1) is 13.7. The average molecular weight is 374 g/mol. The zero-order valence-electron chi connectivity index (χ0n) is 15.9. The van der Waals surface area contributed by atoms with E-state index < -0.39 is 0 Å². The molecule has 3 rings (SSSR count). The van der Waals surface area contributed by atoms with Crippen molar-refractivity contribution in [2.75, 3.05) is 17.7 Å². The van der Waals surface area contributed by atoms with Gasteiger partial charge in [0, 0.05) is 23.9 Å². The molecule has 28 heavy (non-hydrogen) atoms. The van der Waals surface area contributed by atoms with Crippen molar-refractivity contribution in [2.45, 2.75) is 25.7 Å². The molecular weight excluding hydrogens is 348 g/mol. The fraction of sp³-hybridized carbons (Fsp3) is 0.208. The van der Waals surface area contributed by atoms with Crippen LogP contribution < -0.4 is 15.8 Å². The molecule has 3 aromatic rings. The summed E-state index contributed by atoms with van der Waals surface area (Å²) < 4.78 is 5.83. The Balaban J connectivity index is 1.42. The van der Waals surface area contributed by atoms with E-state index in [0.717, 1.165) is 35.5 Å². The van der Waals surface area contributed by atoms with Gasteiger partial charge in [0.15, 0.2) is 0 Å². The van der Waals surface area contributed by atoms with Crippen molar-refractivity contribution in [3.63, 3.8) is 0 Å². The Morgan fingerprint density at radius 2 is 1.61 bits per heavy atom. The highest BCUT2D eigenvalue weighted by atomic mass is 16.5. The summed E-state index contributed by atoms with van der Waals surface area (Å²) in [5.41, 5.74) is 9.57. The van der Waals surface area contributed by atoms with E-state index in [1.807, 2.05) is 54.6 Å². The number of anilines is 2. The predicted molar refractivity (Wildman–Crippen MR) is 115 cm³/mol. The molecule has 0 heterocycles. The molecule has 0 unspecified atom stereocenters. The second kappa shape index (κ2) is 10.2. The summed E-state index contributed by atoms with van der Waals surface area (Å²) in [6, 6.07) is 25.5. The smallest absolute Gasteiger partial charge is 0.224 e. The van der Waals surface area contributed by atoms with E-state index in [9.17, 15) is 4.79 Å². The van der Waals surface area contributed by atoms with Crippen LogP contribution in [0.15, 0.2) is 78.9 Å². The van der Waals surface area contributed by atoms with E-state index in [0.29, 0.717) is 19.4 Å². The topological polar surface area (TPSA) is 64.4 Å². The van der Waals surface area contributed by atoms with Crippen molar-refractivity contribution in [2.24, 2.45) is 0 Å². The first kappa shape index (κ1) is 19.5. The van der Waals surface area contributed by atoms with Crippen molar-refractivity contribution >= 4 is 17.3 Å². The van der Waals surface area contributed by atoms with Crippen LogP contribution in [-0.2, 0) is 17.6 Å². The van der Waals surface area contributed by atoms with Gasteiger partial charge in [-0.3, -0.25) is 4.79 Å². The zero-order chi connectivity index (χ0) is 19.6. The minimum atomic E-state index is -0.0157. The number of carbonyl (C=O) groups is 1. The van der Waals surface area contributed by atoms with Gasteiger partial charge in [-0.1, -0.05) is 48.5 Å². The van der Waals surface area contributed by atoms with Crippen LogP contribution in [0.3, 0.4) is 0 Å². The number of rotatable bonds is 9. The third kappa shape index (κ3) is 6.47. The summed E-state index contributed by atoms with van der Waals surface area (Å²) in [7, 11) is 0. The van der Waals surface area contributed by atoms with Crippen LogP contribution in [0.1, 0.15) is 24.0 Å². The van der Waals surface area contributed by atoms with Crippen LogP contribution in [0, 0.1) is 0 Å². The van der Waals surface area contributed by atoms with Gasteiger partial charge in [-0.15, -0.1) is 0 Å². The molecule has 0 aromatic heterocycles. The molecule has 4 heteroatoms. The molecule has 0 bridgehead atoms.